The van der Waals surface area contributed by atoms with Crippen LogP contribution in [0.5, 0.6) is 0 Å². The van der Waals surface area contributed by atoms with Gasteiger partial charge in [0.05, 0.1) is 6.54 Å². The van der Waals surface area contributed by atoms with Crippen molar-refractivity contribution in [3.05, 3.63) is 24.0 Å². The van der Waals surface area contributed by atoms with Crippen LogP contribution in [0.2, 0.25) is 0 Å². The van der Waals surface area contributed by atoms with Crippen LogP contribution in [0.3, 0.4) is 0 Å². The number of aliphatic hydroxyl groups is 1. The van der Waals surface area contributed by atoms with Crippen LogP contribution in [-0.2, 0) is 14.3 Å². The predicted octanol–water partition coefficient (Wildman–Crippen LogP) is 1.17. The molecule has 0 radical (unpaired) electrons. The Balaban J connectivity index is 2.82. The van der Waals surface area contributed by atoms with E-state index in [1.54, 1.807) is 20.8 Å². The zero-order chi connectivity index (χ0) is 13.2. The second-order valence-electron chi connectivity index (χ2n) is 4.80. The van der Waals surface area contributed by atoms with E-state index in [2.05, 4.69) is 6.58 Å². The minimum atomic E-state index is -0.657. The molecule has 1 rings (SSSR count). The van der Waals surface area contributed by atoms with E-state index < -0.39 is 23.2 Å². The molecule has 94 valence electrons. The van der Waals surface area contributed by atoms with Crippen molar-refractivity contribution in [2.75, 3.05) is 13.1 Å². The molecule has 0 bridgehead atoms. The average molecular weight is 239 g/mol. The van der Waals surface area contributed by atoms with Gasteiger partial charge >= 0.3 is 5.97 Å². The molecular weight excluding hydrogens is 222 g/mol. The summed E-state index contributed by atoms with van der Waals surface area (Å²) in [5.74, 6) is -1.75. The highest BCUT2D eigenvalue weighted by Crippen LogP contribution is 2.20. The number of nitrogens with zero attached hydrogens (tertiary/aromatic N) is 1. The molecule has 1 heterocycles. The quantitative estimate of drug-likeness (QED) is 0.593. The molecular formula is C12H17NO4. The molecule has 0 saturated heterocycles. The maximum absolute atomic E-state index is 11.7. The van der Waals surface area contributed by atoms with E-state index in [9.17, 15) is 14.7 Å². The minimum Gasteiger partial charge on any atom is -0.503 e. The molecule has 5 nitrogen and oxygen atoms in total. The first-order valence-corrected chi connectivity index (χ1v) is 5.32. The maximum atomic E-state index is 11.7. The first kappa shape index (κ1) is 13.3. The van der Waals surface area contributed by atoms with Crippen molar-refractivity contribution in [1.82, 2.24) is 4.90 Å². The summed E-state index contributed by atoms with van der Waals surface area (Å²) in [6, 6.07) is 0. The third-order valence-electron chi connectivity index (χ3n) is 2.12. The molecule has 0 unspecified atom stereocenters. The minimum absolute atomic E-state index is 0.00627. The largest absolute Gasteiger partial charge is 0.503 e. The maximum Gasteiger partial charge on any atom is 0.340 e. The Hall–Kier alpha value is -1.78. The van der Waals surface area contributed by atoms with E-state index in [0.29, 0.717) is 0 Å². The fourth-order valence-corrected chi connectivity index (χ4v) is 1.42. The molecule has 0 fully saturated rings. The van der Waals surface area contributed by atoms with Gasteiger partial charge in [-0.3, -0.25) is 4.79 Å². The third-order valence-corrected chi connectivity index (χ3v) is 2.12. The highest BCUT2D eigenvalue weighted by atomic mass is 16.6. The van der Waals surface area contributed by atoms with Gasteiger partial charge in [0.1, 0.15) is 11.2 Å². The number of carbonyl (C=O) groups is 2. The van der Waals surface area contributed by atoms with Gasteiger partial charge in [0, 0.05) is 6.54 Å². The monoisotopic (exact) mass is 239 g/mol. The molecule has 17 heavy (non-hydrogen) atoms. The smallest absolute Gasteiger partial charge is 0.340 e. The summed E-state index contributed by atoms with van der Waals surface area (Å²) in [5, 5.41) is 9.58. The lowest BCUT2D eigenvalue weighted by Crippen LogP contribution is -2.29. The van der Waals surface area contributed by atoms with Crippen LogP contribution in [0.25, 0.3) is 0 Å². The van der Waals surface area contributed by atoms with Crippen molar-refractivity contribution < 1.29 is 19.4 Å². The zero-order valence-electron chi connectivity index (χ0n) is 10.3. The van der Waals surface area contributed by atoms with Gasteiger partial charge in [0.2, 0.25) is 0 Å². The van der Waals surface area contributed by atoms with Crippen LogP contribution >= 0.6 is 0 Å². The molecule has 0 aromatic heterocycles. The summed E-state index contributed by atoms with van der Waals surface area (Å²) in [6.07, 6.45) is 1.53. The van der Waals surface area contributed by atoms with Crippen LogP contribution in [0, 0.1) is 0 Å². The predicted molar refractivity (Wildman–Crippen MR) is 62.3 cm³/mol. The van der Waals surface area contributed by atoms with Crippen LogP contribution in [-0.4, -0.2) is 40.6 Å². The Labute approximate surface area is 100 Å². The van der Waals surface area contributed by atoms with Gasteiger partial charge in [0.25, 0.3) is 5.91 Å². The van der Waals surface area contributed by atoms with Crippen molar-refractivity contribution in [2.45, 2.75) is 26.4 Å². The highest BCUT2D eigenvalue weighted by Gasteiger charge is 2.35. The number of hydrogen-bond acceptors (Lipinski definition) is 4. The van der Waals surface area contributed by atoms with Crippen molar-refractivity contribution in [1.29, 1.82) is 0 Å². The summed E-state index contributed by atoms with van der Waals surface area (Å²) in [7, 11) is 0. The SMILES string of the molecule is C=CCN1CC(C(=O)OC(C)(C)C)=C(O)C1=O. The molecule has 1 amide bonds. The molecule has 1 N–H and O–H groups in total. The van der Waals surface area contributed by atoms with Gasteiger partial charge in [-0.1, -0.05) is 6.08 Å². The fourth-order valence-electron chi connectivity index (χ4n) is 1.42. The Morgan fingerprint density at radius 3 is 2.65 bits per heavy atom. The van der Waals surface area contributed by atoms with E-state index >= 15 is 0 Å². The first-order valence-electron chi connectivity index (χ1n) is 5.32. The summed E-state index contributed by atoms with van der Waals surface area (Å²) in [5.41, 5.74) is -0.647. The molecule has 1 aliphatic rings. The second-order valence-corrected chi connectivity index (χ2v) is 4.80. The standard InChI is InChI=1S/C12H17NO4/c1-5-6-13-7-8(9(14)10(13)15)11(16)17-12(2,3)4/h5,14H,1,6-7H2,2-4H3. The molecule has 5 heteroatoms. The van der Waals surface area contributed by atoms with Crippen molar-refractivity contribution >= 4 is 11.9 Å². The van der Waals surface area contributed by atoms with E-state index in [-0.39, 0.29) is 18.7 Å². The van der Waals surface area contributed by atoms with Gasteiger partial charge < -0.3 is 14.7 Å². The molecule has 0 aromatic rings. The summed E-state index contributed by atoms with van der Waals surface area (Å²) in [4.78, 5) is 24.6. The Morgan fingerprint density at radius 1 is 1.59 bits per heavy atom. The fraction of sp³-hybridized carbons (Fsp3) is 0.500. The lowest BCUT2D eigenvalue weighted by molar-refractivity contribution is -0.150. The summed E-state index contributed by atoms with van der Waals surface area (Å²) >= 11 is 0. The first-order chi connectivity index (χ1) is 7.76. The number of carbonyl (C=O) groups excluding carboxylic acids is 2. The molecule has 0 atom stereocenters. The lowest BCUT2D eigenvalue weighted by Gasteiger charge is -2.20. The van der Waals surface area contributed by atoms with E-state index in [0.717, 1.165) is 0 Å². The Morgan fingerprint density at radius 2 is 2.18 bits per heavy atom. The topological polar surface area (TPSA) is 66.8 Å². The van der Waals surface area contributed by atoms with Crippen molar-refractivity contribution in [3.63, 3.8) is 0 Å². The molecule has 1 aliphatic heterocycles. The number of rotatable bonds is 3. The molecule has 0 saturated carbocycles. The van der Waals surface area contributed by atoms with Crippen LogP contribution < -0.4 is 0 Å². The van der Waals surface area contributed by atoms with E-state index in [1.165, 1.54) is 11.0 Å². The second kappa shape index (κ2) is 4.61. The van der Waals surface area contributed by atoms with Gasteiger partial charge in [-0.25, -0.2) is 4.79 Å². The van der Waals surface area contributed by atoms with Gasteiger partial charge in [-0.05, 0) is 20.8 Å². The van der Waals surface area contributed by atoms with Crippen LogP contribution in [0.15, 0.2) is 24.0 Å². The van der Waals surface area contributed by atoms with Gasteiger partial charge in [-0.2, -0.15) is 0 Å². The number of esters is 1. The lowest BCUT2D eigenvalue weighted by atomic mass is 10.2. The summed E-state index contributed by atoms with van der Waals surface area (Å²) < 4.78 is 5.11. The number of amides is 1. The van der Waals surface area contributed by atoms with Gasteiger partial charge in [-0.15, -0.1) is 6.58 Å². The third kappa shape index (κ3) is 3.09. The van der Waals surface area contributed by atoms with Crippen LogP contribution in [0.4, 0.5) is 0 Å². The number of aliphatic hydroxyl groups excluding tert-OH is 1. The zero-order valence-corrected chi connectivity index (χ0v) is 10.3. The normalized spacial score (nSPS) is 16.4. The van der Waals surface area contributed by atoms with Gasteiger partial charge in [0.15, 0.2) is 5.76 Å². The Kier molecular flexibility index (Phi) is 3.60. The number of ether oxygens (including phenoxy) is 1. The number of hydrogen-bond donors (Lipinski definition) is 1. The van der Waals surface area contributed by atoms with Crippen molar-refractivity contribution in [3.8, 4) is 0 Å². The summed E-state index contributed by atoms with van der Waals surface area (Å²) in [6.45, 7) is 9.02. The van der Waals surface area contributed by atoms with E-state index in [1.807, 2.05) is 0 Å². The molecule has 0 spiro atoms. The molecule has 0 aromatic carbocycles. The highest BCUT2D eigenvalue weighted by molar-refractivity contribution is 6.05. The molecule has 0 aliphatic carbocycles. The van der Waals surface area contributed by atoms with Crippen LogP contribution in [0.1, 0.15) is 20.8 Å². The average Bonchev–Trinajstić information content (AvgIpc) is 2.44. The Bertz CT molecular complexity index is 390. The van der Waals surface area contributed by atoms with Crippen molar-refractivity contribution in [2.24, 2.45) is 0 Å². The van der Waals surface area contributed by atoms with E-state index in [4.69, 9.17) is 4.74 Å².